The van der Waals surface area contributed by atoms with E-state index in [0.29, 0.717) is 68.7 Å². The van der Waals surface area contributed by atoms with Crippen molar-refractivity contribution in [2.75, 3.05) is 14.2 Å². The zero-order valence-corrected chi connectivity index (χ0v) is 40.2. The van der Waals surface area contributed by atoms with Gasteiger partial charge in [0.2, 0.25) is 0 Å². The third-order valence-corrected chi connectivity index (χ3v) is 12.1. The number of fused-ring (bicyclic) bond motifs is 2. The quantitative estimate of drug-likeness (QED) is 0.0746. The smallest absolute Gasteiger partial charge is 0.324 e. The van der Waals surface area contributed by atoms with Gasteiger partial charge in [-0.25, -0.2) is 29.9 Å². The van der Waals surface area contributed by atoms with Gasteiger partial charge >= 0.3 is 12.0 Å². The number of allylic oxidation sites excluding steroid dienone is 2. The minimum Gasteiger partial charge on any atom is -0.496 e. The SMILES string of the molecule is COc1ccccc1/C=C/C(C(=O)C(/C=C/c1ccccc1OC)c1ccc(Oc2ncc3ncn(Cc4ccc(Cl)nc4)c3n2)cc1)c1ccc(Oc2ncc3ncn(Cc4ccc(Cl)nc4)c3n2)cc1. The van der Waals surface area contributed by atoms with Crippen molar-refractivity contribution < 1.29 is 23.7 Å². The number of imidazole rings is 2. The van der Waals surface area contributed by atoms with Crippen LogP contribution in [0.3, 0.4) is 0 Å². The van der Waals surface area contributed by atoms with Gasteiger partial charge in [0.15, 0.2) is 17.1 Å². The van der Waals surface area contributed by atoms with Crippen LogP contribution in [-0.2, 0) is 17.9 Å². The van der Waals surface area contributed by atoms with Crippen LogP contribution in [0.25, 0.3) is 34.5 Å². The Kier molecular flexibility index (Phi) is 14.0. The fourth-order valence-corrected chi connectivity index (χ4v) is 8.27. The molecule has 0 spiro atoms. The van der Waals surface area contributed by atoms with E-state index >= 15 is 4.79 Å². The van der Waals surface area contributed by atoms with Gasteiger partial charge in [0.1, 0.15) is 44.3 Å². The molecule has 0 fully saturated rings. The summed E-state index contributed by atoms with van der Waals surface area (Å²) in [6.07, 6.45) is 17.6. The second kappa shape index (κ2) is 21.5. The number of halogens is 2. The highest BCUT2D eigenvalue weighted by molar-refractivity contribution is 6.29. The van der Waals surface area contributed by atoms with Crippen LogP contribution in [0.2, 0.25) is 10.3 Å². The molecule has 17 heteroatoms. The van der Waals surface area contributed by atoms with E-state index in [1.807, 2.05) is 118 Å². The Hall–Kier alpha value is -8.79. The third kappa shape index (κ3) is 10.8. The summed E-state index contributed by atoms with van der Waals surface area (Å²) in [6.45, 7) is 0.947. The third-order valence-electron chi connectivity index (χ3n) is 11.7. The lowest BCUT2D eigenvalue weighted by Crippen LogP contribution is -2.18. The Morgan fingerprint density at radius 1 is 0.528 bits per heavy atom. The van der Waals surface area contributed by atoms with Crippen molar-refractivity contribution >= 4 is 63.5 Å². The van der Waals surface area contributed by atoms with Gasteiger partial charge in [0.05, 0.1) is 64.2 Å². The van der Waals surface area contributed by atoms with Crippen molar-refractivity contribution in [3.05, 3.63) is 215 Å². The van der Waals surface area contributed by atoms with Crippen molar-refractivity contribution in [2.45, 2.75) is 24.9 Å². The first-order chi connectivity index (χ1) is 35.3. The van der Waals surface area contributed by atoms with E-state index < -0.39 is 11.8 Å². The second-order valence-corrected chi connectivity index (χ2v) is 17.1. The maximum Gasteiger partial charge on any atom is 0.324 e. The van der Waals surface area contributed by atoms with Crippen LogP contribution in [-0.4, -0.2) is 69.0 Å². The summed E-state index contributed by atoms with van der Waals surface area (Å²) in [7, 11) is 3.24. The minimum absolute atomic E-state index is 0.106. The average Bonchev–Trinajstić information content (AvgIpc) is 4.01. The number of carbonyl (C=O) groups is 1. The Balaban J connectivity index is 0.949. The Labute approximate surface area is 423 Å². The molecule has 6 aromatic heterocycles. The first-order valence-corrected chi connectivity index (χ1v) is 23.3. The summed E-state index contributed by atoms with van der Waals surface area (Å²) in [6, 6.07) is 37.5. The van der Waals surface area contributed by atoms with Crippen LogP contribution >= 0.6 is 23.2 Å². The molecule has 0 saturated carbocycles. The molecule has 0 saturated heterocycles. The molecule has 0 aliphatic heterocycles. The summed E-state index contributed by atoms with van der Waals surface area (Å²) < 4.78 is 27.5. The number of rotatable bonds is 18. The minimum atomic E-state index is -0.745. The molecule has 72 heavy (non-hydrogen) atoms. The molecule has 2 atom stereocenters. The molecule has 15 nitrogen and oxygen atoms in total. The van der Waals surface area contributed by atoms with E-state index in [1.54, 1.807) is 88.1 Å². The number of ether oxygens (including phenoxy) is 4. The number of para-hydroxylation sites is 2. The van der Waals surface area contributed by atoms with E-state index in [9.17, 15) is 0 Å². The van der Waals surface area contributed by atoms with Gasteiger partial charge in [0.25, 0.3) is 0 Å². The van der Waals surface area contributed by atoms with Crippen molar-refractivity contribution in [3.8, 4) is 35.0 Å². The average molecular weight is 994 g/mol. The van der Waals surface area contributed by atoms with E-state index in [-0.39, 0.29) is 17.8 Å². The van der Waals surface area contributed by atoms with Gasteiger partial charge in [-0.05, 0) is 70.8 Å². The van der Waals surface area contributed by atoms with Gasteiger partial charge in [-0.15, -0.1) is 0 Å². The molecule has 0 bridgehead atoms. The molecular formula is C55H42Cl2N10O5. The van der Waals surface area contributed by atoms with Gasteiger partial charge in [-0.3, -0.25) is 4.79 Å². The number of pyridine rings is 2. The maximum absolute atomic E-state index is 15.4. The lowest BCUT2D eigenvalue weighted by atomic mass is 9.82. The standard InChI is InChI=1S/C55H42Cl2N10O5/c1-69-47-9-5-3-7-39(47)17-23-43(37-13-19-41(20-14-37)71-54-60-29-45-52(64-54)66(33-62-45)31-35-11-25-49(56)58-27-35)51(68)44(24-18-40-8-4-6-10-48(40)70-2)38-15-21-42(22-16-38)72-55-61-30-46-53(65-55)67(34-63-46)32-36-12-26-50(57)59-28-36/h3-30,33-34,43-44H,31-32H2,1-2H3/b23-17+,24-18+. The number of ketones is 1. The first kappa shape index (κ1) is 46.9. The lowest BCUT2D eigenvalue weighted by molar-refractivity contribution is -0.120. The van der Waals surface area contributed by atoms with Gasteiger partial charge in [-0.2, -0.15) is 9.97 Å². The largest absolute Gasteiger partial charge is 0.496 e. The van der Waals surface area contributed by atoms with Gasteiger partial charge in [0, 0.05) is 23.5 Å². The molecular weight excluding hydrogens is 952 g/mol. The van der Waals surface area contributed by atoms with Crippen molar-refractivity contribution in [3.63, 3.8) is 0 Å². The van der Waals surface area contributed by atoms with Crippen LogP contribution in [0.4, 0.5) is 0 Å². The predicted molar refractivity (Wildman–Crippen MR) is 275 cm³/mol. The van der Waals surface area contributed by atoms with Gasteiger partial charge < -0.3 is 28.1 Å². The maximum atomic E-state index is 15.4. The Bertz CT molecular complexity index is 3330. The summed E-state index contributed by atoms with van der Waals surface area (Å²) in [5.74, 6) is 0.685. The van der Waals surface area contributed by atoms with Crippen molar-refractivity contribution in [2.24, 2.45) is 0 Å². The molecule has 4 aromatic carbocycles. The fourth-order valence-electron chi connectivity index (χ4n) is 8.04. The first-order valence-electron chi connectivity index (χ1n) is 22.6. The van der Waals surface area contributed by atoms with Crippen LogP contribution in [0, 0.1) is 0 Å². The molecule has 2 unspecified atom stereocenters. The number of methoxy groups -OCH3 is 2. The predicted octanol–water partition coefficient (Wildman–Crippen LogP) is 11.6. The molecule has 0 amide bonds. The molecule has 356 valence electrons. The number of hydrogen-bond donors (Lipinski definition) is 0. The Morgan fingerprint density at radius 3 is 1.36 bits per heavy atom. The van der Waals surface area contributed by atoms with E-state index in [2.05, 4.69) is 39.9 Å². The number of benzene rings is 4. The topological polar surface area (TPSA) is 167 Å². The molecule has 6 heterocycles. The zero-order chi connectivity index (χ0) is 49.4. The van der Waals surface area contributed by atoms with E-state index in [0.717, 1.165) is 33.4 Å². The van der Waals surface area contributed by atoms with Crippen LogP contribution in [0.1, 0.15) is 45.2 Å². The number of Topliss-reactive ketones (excluding diaryl/α,β-unsaturated/α-hetero) is 1. The molecule has 0 N–H and O–H groups in total. The normalized spacial score (nSPS) is 12.4. The molecule has 0 aliphatic carbocycles. The number of aromatic nitrogens is 10. The second-order valence-electron chi connectivity index (χ2n) is 16.3. The summed E-state index contributed by atoms with van der Waals surface area (Å²) in [5, 5.41) is 0.827. The summed E-state index contributed by atoms with van der Waals surface area (Å²) >= 11 is 12.0. The molecule has 10 rings (SSSR count). The van der Waals surface area contributed by atoms with Crippen molar-refractivity contribution in [1.82, 2.24) is 49.0 Å². The number of hydrogen-bond acceptors (Lipinski definition) is 13. The number of carbonyl (C=O) groups excluding carboxylic acids is 1. The van der Waals surface area contributed by atoms with Crippen LogP contribution < -0.4 is 18.9 Å². The van der Waals surface area contributed by atoms with Crippen LogP contribution in [0.5, 0.6) is 35.0 Å². The summed E-state index contributed by atoms with van der Waals surface area (Å²) in [4.78, 5) is 50.9. The highest BCUT2D eigenvalue weighted by atomic mass is 35.5. The highest BCUT2D eigenvalue weighted by Crippen LogP contribution is 2.35. The fraction of sp³-hybridized carbons (Fsp3) is 0.109. The summed E-state index contributed by atoms with van der Waals surface area (Å²) in [5.41, 5.74) is 7.32. The zero-order valence-electron chi connectivity index (χ0n) is 38.7. The highest BCUT2D eigenvalue weighted by Gasteiger charge is 2.27. The monoisotopic (exact) mass is 992 g/mol. The molecule has 0 radical (unpaired) electrons. The molecule has 10 aromatic rings. The van der Waals surface area contributed by atoms with E-state index in [4.69, 9.17) is 42.1 Å². The van der Waals surface area contributed by atoms with Gasteiger partial charge in [-0.1, -0.05) is 120 Å². The number of nitrogens with zero attached hydrogens (tertiary/aromatic N) is 10. The Morgan fingerprint density at radius 2 is 0.958 bits per heavy atom. The van der Waals surface area contributed by atoms with Crippen LogP contribution in [0.15, 0.2) is 171 Å². The van der Waals surface area contributed by atoms with E-state index in [1.165, 1.54) is 0 Å². The van der Waals surface area contributed by atoms with Crippen molar-refractivity contribution in [1.29, 1.82) is 0 Å². The molecule has 0 aliphatic rings. The lowest BCUT2D eigenvalue weighted by Gasteiger charge is -2.20.